The van der Waals surface area contributed by atoms with E-state index < -0.39 is 17.9 Å². The molecule has 1 atom stereocenters. The second-order valence-electron chi connectivity index (χ2n) is 3.01. The number of ether oxygens (including phenoxy) is 1. The minimum absolute atomic E-state index is 0.109. The Bertz CT molecular complexity index is 260. The van der Waals surface area contributed by atoms with E-state index in [0.717, 1.165) is 0 Å². The van der Waals surface area contributed by atoms with E-state index in [1.54, 1.807) is 0 Å². The van der Waals surface area contributed by atoms with Gasteiger partial charge in [-0.2, -0.15) is 5.26 Å². The van der Waals surface area contributed by atoms with Crippen molar-refractivity contribution in [1.82, 2.24) is 5.32 Å². The molecule has 84 valence electrons. The predicted octanol–water partition coefficient (Wildman–Crippen LogP) is -0.703. The van der Waals surface area contributed by atoms with Crippen molar-refractivity contribution in [2.24, 2.45) is 5.73 Å². The summed E-state index contributed by atoms with van der Waals surface area (Å²) in [4.78, 5) is 22.0. The van der Waals surface area contributed by atoms with Crippen molar-refractivity contribution in [2.75, 3.05) is 13.7 Å². The highest BCUT2D eigenvalue weighted by molar-refractivity contribution is 5.86. The highest BCUT2D eigenvalue weighted by Crippen LogP contribution is 1.99. The van der Waals surface area contributed by atoms with E-state index >= 15 is 0 Å². The Morgan fingerprint density at radius 3 is 2.73 bits per heavy atom. The average Bonchev–Trinajstić information content (AvgIpc) is 2.16. The van der Waals surface area contributed by atoms with Gasteiger partial charge in [0.05, 0.1) is 6.07 Å². The van der Waals surface area contributed by atoms with Crippen LogP contribution >= 0.6 is 0 Å². The number of carbonyl (C=O) groups excluding carboxylic acids is 2. The molecule has 0 bridgehead atoms. The van der Waals surface area contributed by atoms with Gasteiger partial charge in [-0.05, 0) is 12.8 Å². The molecule has 2 amide bonds. The fourth-order valence-electron chi connectivity index (χ4n) is 1.04. The predicted molar refractivity (Wildman–Crippen MR) is 52.5 cm³/mol. The monoisotopic (exact) mass is 213 g/mol. The minimum atomic E-state index is -0.721. The zero-order valence-electron chi connectivity index (χ0n) is 8.66. The van der Waals surface area contributed by atoms with Crippen molar-refractivity contribution in [3.63, 3.8) is 0 Å². The van der Waals surface area contributed by atoms with Crippen molar-refractivity contribution in [3.05, 3.63) is 0 Å². The van der Waals surface area contributed by atoms with Crippen LogP contribution in [-0.4, -0.2) is 31.6 Å². The number of nitrogens with zero attached hydrogens (tertiary/aromatic N) is 1. The largest absolute Gasteiger partial charge is 0.375 e. The number of primary amides is 1. The van der Waals surface area contributed by atoms with Gasteiger partial charge in [-0.1, -0.05) is 0 Å². The Morgan fingerprint density at radius 2 is 2.27 bits per heavy atom. The number of hydrogen-bond acceptors (Lipinski definition) is 4. The van der Waals surface area contributed by atoms with Gasteiger partial charge in [0, 0.05) is 13.5 Å². The van der Waals surface area contributed by atoms with E-state index in [9.17, 15) is 9.59 Å². The van der Waals surface area contributed by atoms with Gasteiger partial charge in [-0.3, -0.25) is 9.59 Å². The van der Waals surface area contributed by atoms with Crippen LogP contribution in [0.2, 0.25) is 0 Å². The fraction of sp³-hybridized carbons (Fsp3) is 0.667. The van der Waals surface area contributed by atoms with Crippen molar-refractivity contribution in [2.45, 2.75) is 25.3 Å². The molecule has 0 unspecified atom stereocenters. The minimum Gasteiger partial charge on any atom is -0.375 e. The molecule has 0 spiro atoms. The van der Waals surface area contributed by atoms with E-state index in [1.807, 2.05) is 6.07 Å². The molecule has 0 aliphatic carbocycles. The summed E-state index contributed by atoms with van der Waals surface area (Å²) in [7, 11) is 1.38. The number of carbonyl (C=O) groups is 2. The first-order valence-electron chi connectivity index (χ1n) is 4.56. The molecule has 0 heterocycles. The van der Waals surface area contributed by atoms with Gasteiger partial charge in [0.25, 0.3) is 0 Å². The summed E-state index contributed by atoms with van der Waals surface area (Å²) in [6.45, 7) is -0.109. The second kappa shape index (κ2) is 7.76. The molecule has 6 nitrogen and oxygen atoms in total. The molecule has 0 aromatic heterocycles. The van der Waals surface area contributed by atoms with Crippen LogP contribution in [0.25, 0.3) is 0 Å². The van der Waals surface area contributed by atoms with Gasteiger partial charge in [0.2, 0.25) is 11.8 Å². The van der Waals surface area contributed by atoms with Crippen molar-refractivity contribution < 1.29 is 14.3 Å². The average molecular weight is 213 g/mol. The first-order chi connectivity index (χ1) is 7.11. The van der Waals surface area contributed by atoms with Gasteiger partial charge in [-0.25, -0.2) is 0 Å². The third-order valence-corrected chi connectivity index (χ3v) is 1.74. The van der Waals surface area contributed by atoms with Crippen LogP contribution in [0.1, 0.15) is 19.3 Å². The van der Waals surface area contributed by atoms with E-state index in [1.165, 1.54) is 7.11 Å². The molecule has 0 aliphatic heterocycles. The summed E-state index contributed by atoms with van der Waals surface area (Å²) in [6.07, 6.45) is 1.24. The summed E-state index contributed by atoms with van der Waals surface area (Å²) >= 11 is 0. The van der Waals surface area contributed by atoms with Gasteiger partial charge in [0.1, 0.15) is 12.6 Å². The maximum absolute atomic E-state index is 11.1. The molecule has 0 saturated carbocycles. The molecule has 0 aromatic rings. The lowest BCUT2D eigenvalue weighted by molar-refractivity contribution is -0.129. The zero-order valence-corrected chi connectivity index (χ0v) is 8.66. The summed E-state index contributed by atoms with van der Waals surface area (Å²) in [5.41, 5.74) is 5.09. The standard InChI is InChI=1S/C9H15N3O3/c1-15-6-8(13)12-7(9(11)14)4-2-3-5-10/h7H,2-4,6H2,1H3,(H2,11,14)(H,12,13)/t7-/m0/s1. The van der Waals surface area contributed by atoms with E-state index in [-0.39, 0.29) is 6.61 Å². The van der Waals surface area contributed by atoms with E-state index in [0.29, 0.717) is 19.3 Å². The van der Waals surface area contributed by atoms with Crippen LogP contribution in [0.5, 0.6) is 0 Å². The van der Waals surface area contributed by atoms with Crippen molar-refractivity contribution >= 4 is 11.8 Å². The lowest BCUT2D eigenvalue weighted by Gasteiger charge is -2.14. The van der Waals surface area contributed by atoms with Gasteiger partial charge in [0.15, 0.2) is 0 Å². The van der Waals surface area contributed by atoms with Gasteiger partial charge >= 0.3 is 0 Å². The Kier molecular flexibility index (Phi) is 6.93. The molecule has 3 N–H and O–H groups in total. The number of amides is 2. The SMILES string of the molecule is COCC(=O)N[C@@H](CCCC#N)C(N)=O. The Morgan fingerprint density at radius 1 is 1.60 bits per heavy atom. The fourth-order valence-corrected chi connectivity index (χ4v) is 1.04. The lowest BCUT2D eigenvalue weighted by Crippen LogP contribution is -2.45. The first-order valence-corrected chi connectivity index (χ1v) is 4.56. The lowest BCUT2D eigenvalue weighted by atomic mass is 10.1. The number of nitrogens with one attached hydrogen (secondary N) is 1. The molecule has 0 saturated heterocycles. The maximum Gasteiger partial charge on any atom is 0.246 e. The number of unbranched alkanes of at least 4 members (excludes halogenated alkanes) is 1. The van der Waals surface area contributed by atoms with Crippen LogP contribution in [-0.2, 0) is 14.3 Å². The van der Waals surface area contributed by atoms with Crippen LogP contribution in [0.15, 0.2) is 0 Å². The van der Waals surface area contributed by atoms with Gasteiger partial charge in [-0.15, -0.1) is 0 Å². The number of hydrogen-bond donors (Lipinski definition) is 2. The van der Waals surface area contributed by atoms with E-state index in [4.69, 9.17) is 11.0 Å². The first kappa shape index (κ1) is 13.4. The van der Waals surface area contributed by atoms with Crippen LogP contribution < -0.4 is 11.1 Å². The smallest absolute Gasteiger partial charge is 0.246 e. The number of methoxy groups -OCH3 is 1. The van der Waals surface area contributed by atoms with Crippen molar-refractivity contribution in [1.29, 1.82) is 5.26 Å². The number of rotatable bonds is 7. The molecular weight excluding hydrogens is 198 g/mol. The highest BCUT2D eigenvalue weighted by Gasteiger charge is 2.16. The summed E-state index contributed by atoms with van der Waals surface area (Å²) in [6, 6.07) is 1.23. The summed E-state index contributed by atoms with van der Waals surface area (Å²) < 4.78 is 4.59. The summed E-state index contributed by atoms with van der Waals surface area (Å²) in [5, 5.41) is 10.7. The van der Waals surface area contributed by atoms with Crippen LogP contribution in [0, 0.1) is 11.3 Å². The molecular formula is C9H15N3O3. The molecule has 15 heavy (non-hydrogen) atoms. The Labute approximate surface area is 88.4 Å². The van der Waals surface area contributed by atoms with Crippen molar-refractivity contribution in [3.8, 4) is 6.07 Å². The van der Waals surface area contributed by atoms with E-state index in [2.05, 4.69) is 10.1 Å². The Hall–Kier alpha value is -1.61. The van der Waals surface area contributed by atoms with Gasteiger partial charge < -0.3 is 15.8 Å². The molecule has 0 rings (SSSR count). The Balaban J connectivity index is 3.99. The third kappa shape index (κ3) is 6.46. The van der Waals surface area contributed by atoms with Crippen LogP contribution in [0.4, 0.5) is 0 Å². The molecule has 0 fully saturated rings. The molecule has 0 aliphatic rings. The maximum atomic E-state index is 11.1. The normalized spacial score (nSPS) is 11.5. The van der Waals surface area contributed by atoms with Crippen LogP contribution in [0.3, 0.4) is 0 Å². The molecule has 0 aromatic carbocycles. The number of nitrogens with two attached hydrogens (primary N) is 1. The topological polar surface area (TPSA) is 105 Å². The number of nitriles is 1. The molecule has 0 radical (unpaired) electrons. The molecule has 6 heteroatoms. The zero-order chi connectivity index (χ0) is 11.7. The summed E-state index contributed by atoms with van der Waals surface area (Å²) in [5.74, 6) is -0.990. The highest BCUT2D eigenvalue weighted by atomic mass is 16.5. The third-order valence-electron chi connectivity index (χ3n) is 1.74. The quantitative estimate of drug-likeness (QED) is 0.545. The second-order valence-corrected chi connectivity index (χ2v) is 3.01.